The highest BCUT2D eigenvalue weighted by Crippen LogP contribution is 2.29. The lowest BCUT2D eigenvalue weighted by atomic mass is 10.0. The van der Waals surface area contributed by atoms with E-state index < -0.39 is 11.7 Å². The molecule has 0 radical (unpaired) electrons. The van der Waals surface area contributed by atoms with E-state index in [-0.39, 0.29) is 12.2 Å². The van der Waals surface area contributed by atoms with E-state index >= 15 is 0 Å². The monoisotopic (exact) mass is 278 g/mol. The van der Waals surface area contributed by atoms with Crippen LogP contribution in [-0.2, 0) is 12.6 Å². The third-order valence-electron chi connectivity index (χ3n) is 3.02. The molecule has 104 valence electrons. The van der Waals surface area contributed by atoms with Crippen LogP contribution in [0.4, 0.5) is 13.2 Å². The Kier molecular flexibility index (Phi) is 3.93. The number of rotatable bonds is 3. The van der Waals surface area contributed by atoms with Gasteiger partial charge in [-0.25, -0.2) is 0 Å². The number of carbonyl (C=O) groups is 1. The summed E-state index contributed by atoms with van der Waals surface area (Å²) in [6.07, 6.45) is -4.19. The molecule has 0 bridgehead atoms. The van der Waals surface area contributed by atoms with Crippen LogP contribution in [-0.4, -0.2) is 5.78 Å². The van der Waals surface area contributed by atoms with Gasteiger partial charge in [0.05, 0.1) is 5.56 Å². The van der Waals surface area contributed by atoms with Crippen molar-refractivity contribution in [1.29, 1.82) is 0 Å². The number of carbonyl (C=O) groups excluding carboxylic acids is 1. The number of aryl methyl sites for hydroxylation is 1. The summed E-state index contributed by atoms with van der Waals surface area (Å²) in [4.78, 5) is 12.0. The van der Waals surface area contributed by atoms with E-state index in [1.165, 1.54) is 12.1 Å². The number of ketones is 1. The van der Waals surface area contributed by atoms with Gasteiger partial charge < -0.3 is 0 Å². The van der Waals surface area contributed by atoms with Gasteiger partial charge in [0.1, 0.15) is 0 Å². The normalized spacial score (nSPS) is 11.4. The van der Waals surface area contributed by atoms with Crippen molar-refractivity contribution in [3.05, 3.63) is 70.8 Å². The summed E-state index contributed by atoms with van der Waals surface area (Å²) < 4.78 is 37.3. The van der Waals surface area contributed by atoms with Gasteiger partial charge in [0.25, 0.3) is 0 Å². The van der Waals surface area contributed by atoms with Gasteiger partial charge in [-0.2, -0.15) is 13.2 Å². The predicted octanol–water partition coefficient (Wildman–Crippen LogP) is 4.44. The van der Waals surface area contributed by atoms with Crippen molar-refractivity contribution in [2.45, 2.75) is 19.5 Å². The zero-order valence-electron chi connectivity index (χ0n) is 10.9. The van der Waals surface area contributed by atoms with Crippen molar-refractivity contribution in [2.24, 2.45) is 0 Å². The summed E-state index contributed by atoms with van der Waals surface area (Å²) >= 11 is 0. The van der Waals surface area contributed by atoms with Gasteiger partial charge in [-0.1, -0.05) is 42.0 Å². The molecular formula is C16H13F3O. The first-order chi connectivity index (χ1) is 9.36. The van der Waals surface area contributed by atoms with Crippen LogP contribution in [0.2, 0.25) is 0 Å². The van der Waals surface area contributed by atoms with Gasteiger partial charge in [0.2, 0.25) is 0 Å². The quantitative estimate of drug-likeness (QED) is 0.759. The summed E-state index contributed by atoms with van der Waals surface area (Å²) in [6, 6.07) is 11.8. The molecule has 0 aromatic heterocycles. The first-order valence-corrected chi connectivity index (χ1v) is 6.12. The second-order valence-corrected chi connectivity index (χ2v) is 4.66. The van der Waals surface area contributed by atoms with Crippen LogP contribution in [0.1, 0.15) is 27.0 Å². The maximum Gasteiger partial charge on any atom is 0.416 e. The molecule has 0 fully saturated rings. The molecular weight excluding hydrogens is 265 g/mol. The standard InChI is InChI=1S/C16H13F3O/c1-11-2-4-12(5-3-11)10-15(20)13-6-8-14(9-7-13)16(17,18)19/h2-9H,10H2,1H3. The number of hydrogen-bond acceptors (Lipinski definition) is 1. The Morgan fingerprint density at radius 1 is 0.950 bits per heavy atom. The van der Waals surface area contributed by atoms with Crippen LogP contribution < -0.4 is 0 Å². The Balaban J connectivity index is 2.11. The third-order valence-corrected chi connectivity index (χ3v) is 3.02. The highest BCUT2D eigenvalue weighted by Gasteiger charge is 2.30. The lowest BCUT2D eigenvalue weighted by Crippen LogP contribution is -2.07. The zero-order valence-corrected chi connectivity index (χ0v) is 10.9. The van der Waals surface area contributed by atoms with E-state index in [1.807, 2.05) is 31.2 Å². The van der Waals surface area contributed by atoms with Crippen molar-refractivity contribution in [3.8, 4) is 0 Å². The Morgan fingerprint density at radius 3 is 2.00 bits per heavy atom. The van der Waals surface area contributed by atoms with Crippen LogP contribution in [0.25, 0.3) is 0 Å². The van der Waals surface area contributed by atoms with E-state index in [0.717, 1.165) is 23.3 Å². The molecule has 2 aromatic rings. The highest BCUT2D eigenvalue weighted by atomic mass is 19.4. The van der Waals surface area contributed by atoms with Crippen LogP contribution in [0, 0.1) is 6.92 Å². The van der Waals surface area contributed by atoms with Crippen LogP contribution in [0.3, 0.4) is 0 Å². The van der Waals surface area contributed by atoms with Crippen LogP contribution in [0.15, 0.2) is 48.5 Å². The summed E-state index contributed by atoms with van der Waals surface area (Å²) in [5.74, 6) is -0.192. The smallest absolute Gasteiger partial charge is 0.294 e. The molecule has 0 amide bonds. The van der Waals surface area contributed by atoms with Gasteiger partial charge in [0.15, 0.2) is 5.78 Å². The van der Waals surface area contributed by atoms with Gasteiger partial charge in [0, 0.05) is 12.0 Å². The molecule has 0 aliphatic carbocycles. The molecule has 20 heavy (non-hydrogen) atoms. The van der Waals surface area contributed by atoms with Crippen molar-refractivity contribution in [1.82, 2.24) is 0 Å². The lowest BCUT2D eigenvalue weighted by molar-refractivity contribution is -0.137. The average Bonchev–Trinajstić information content (AvgIpc) is 2.40. The fourth-order valence-corrected chi connectivity index (χ4v) is 1.84. The number of alkyl halides is 3. The molecule has 0 spiro atoms. The molecule has 0 saturated carbocycles. The first kappa shape index (κ1) is 14.3. The number of Topliss-reactive ketones (excluding diaryl/α,β-unsaturated/α-hetero) is 1. The fraction of sp³-hybridized carbons (Fsp3) is 0.188. The summed E-state index contributed by atoms with van der Waals surface area (Å²) in [7, 11) is 0. The van der Waals surface area contributed by atoms with Crippen molar-refractivity contribution in [3.63, 3.8) is 0 Å². The van der Waals surface area contributed by atoms with Gasteiger partial charge in [-0.15, -0.1) is 0 Å². The minimum Gasteiger partial charge on any atom is -0.294 e. The second kappa shape index (κ2) is 5.49. The molecule has 4 heteroatoms. The molecule has 0 atom stereocenters. The molecule has 0 aliphatic rings. The van der Waals surface area contributed by atoms with Gasteiger partial charge >= 0.3 is 6.18 Å². The molecule has 0 aliphatic heterocycles. The van der Waals surface area contributed by atoms with E-state index in [2.05, 4.69) is 0 Å². The largest absolute Gasteiger partial charge is 0.416 e. The zero-order chi connectivity index (χ0) is 14.8. The minimum absolute atomic E-state index is 0.186. The maximum absolute atomic E-state index is 12.4. The SMILES string of the molecule is Cc1ccc(CC(=O)c2ccc(C(F)(F)F)cc2)cc1. The summed E-state index contributed by atoms with van der Waals surface area (Å²) in [6.45, 7) is 1.95. The fourth-order valence-electron chi connectivity index (χ4n) is 1.84. The molecule has 0 unspecified atom stereocenters. The van der Waals surface area contributed by atoms with Crippen molar-refractivity contribution < 1.29 is 18.0 Å². The van der Waals surface area contributed by atoms with Gasteiger partial charge in [-0.3, -0.25) is 4.79 Å². The number of hydrogen-bond donors (Lipinski definition) is 0. The second-order valence-electron chi connectivity index (χ2n) is 4.66. The van der Waals surface area contributed by atoms with Crippen LogP contribution in [0.5, 0.6) is 0 Å². The van der Waals surface area contributed by atoms with Crippen molar-refractivity contribution in [2.75, 3.05) is 0 Å². The molecule has 1 nitrogen and oxygen atoms in total. The Hall–Kier alpha value is -2.10. The Labute approximate surface area is 115 Å². The Bertz CT molecular complexity index is 595. The topological polar surface area (TPSA) is 17.1 Å². The first-order valence-electron chi connectivity index (χ1n) is 6.12. The molecule has 0 heterocycles. The molecule has 2 aromatic carbocycles. The Morgan fingerprint density at radius 2 is 1.50 bits per heavy atom. The van der Waals surface area contributed by atoms with Crippen molar-refractivity contribution >= 4 is 5.78 Å². The predicted molar refractivity (Wildman–Crippen MR) is 70.7 cm³/mol. The number of halogens is 3. The summed E-state index contributed by atoms with van der Waals surface area (Å²) in [5.41, 5.74) is 1.49. The van der Waals surface area contributed by atoms with Gasteiger partial charge in [-0.05, 0) is 24.6 Å². The highest BCUT2D eigenvalue weighted by molar-refractivity contribution is 5.97. The lowest BCUT2D eigenvalue weighted by Gasteiger charge is -2.07. The van der Waals surface area contributed by atoms with E-state index in [1.54, 1.807) is 0 Å². The molecule has 0 saturated heterocycles. The maximum atomic E-state index is 12.4. The molecule has 0 N–H and O–H groups in total. The minimum atomic E-state index is -4.38. The van der Waals surface area contributed by atoms with Crippen LogP contribution >= 0.6 is 0 Å². The average molecular weight is 278 g/mol. The van der Waals surface area contributed by atoms with E-state index in [4.69, 9.17) is 0 Å². The number of benzene rings is 2. The molecule has 2 rings (SSSR count). The van der Waals surface area contributed by atoms with E-state index in [9.17, 15) is 18.0 Å². The third kappa shape index (κ3) is 3.47. The van der Waals surface area contributed by atoms with E-state index in [0.29, 0.717) is 5.56 Å². The summed E-state index contributed by atoms with van der Waals surface area (Å²) in [5, 5.41) is 0.